The van der Waals surface area contributed by atoms with E-state index in [2.05, 4.69) is 53.5 Å². The normalized spacial score (nSPS) is 22.8. The Kier molecular flexibility index (Phi) is 2.64. The van der Waals surface area contributed by atoms with Crippen LogP contribution in [-0.4, -0.2) is 31.2 Å². The first kappa shape index (κ1) is 11.2. The minimum Gasteiger partial charge on any atom is -0.379 e. The lowest BCUT2D eigenvalue weighted by molar-refractivity contribution is 0.0256. The zero-order valence-electron chi connectivity index (χ0n) is 10.9. The van der Waals surface area contributed by atoms with Gasteiger partial charge in [0.25, 0.3) is 0 Å². The Morgan fingerprint density at radius 3 is 2.63 bits per heavy atom. The summed E-state index contributed by atoms with van der Waals surface area (Å²) in [5.74, 6) is 0. The van der Waals surface area contributed by atoms with Gasteiger partial charge in [-0.25, -0.2) is 0 Å². The van der Waals surface area contributed by atoms with E-state index in [0.717, 1.165) is 26.3 Å². The standard InChI is InChI=1S/C17H17NO/c1-3-13-5-2-6-15-16(18-9-11-19-12-10-18)8-7-14(4-1)17(13)15/h1-8,16H,9-12H2. The zero-order chi connectivity index (χ0) is 12.7. The first-order valence-electron chi connectivity index (χ1n) is 6.95. The van der Waals surface area contributed by atoms with Crippen molar-refractivity contribution in [2.24, 2.45) is 0 Å². The van der Waals surface area contributed by atoms with Gasteiger partial charge in [-0.2, -0.15) is 0 Å². The predicted molar refractivity (Wildman–Crippen MR) is 78.1 cm³/mol. The third kappa shape index (κ3) is 1.79. The fraction of sp³-hybridized carbons (Fsp3) is 0.294. The number of hydrogen-bond donors (Lipinski definition) is 0. The molecule has 1 aliphatic carbocycles. The molecule has 1 fully saturated rings. The molecule has 1 aliphatic heterocycles. The maximum Gasteiger partial charge on any atom is 0.0594 e. The number of nitrogens with zero attached hydrogens (tertiary/aromatic N) is 1. The number of ether oxygens (including phenoxy) is 1. The first-order valence-corrected chi connectivity index (χ1v) is 6.95. The van der Waals surface area contributed by atoms with E-state index < -0.39 is 0 Å². The molecule has 2 aliphatic rings. The molecule has 1 heterocycles. The van der Waals surface area contributed by atoms with Gasteiger partial charge in [0.15, 0.2) is 0 Å². The highest BCUT2D eigenvalue weighted by atomic mass is 16.5. The van der Waals surface area contributed by atoms with E-state index in [1.54, 1.807) is 0 Å². The lowest BCUT2D eigenvalue weighted by Crippen LogP contribution is -2.38. The molecule has 2 aromatic rings. The third-order valence-electron chi connectivity index (χ3n) is 4.18. The molecule has 0 bridgehead atoms. The summed E-state index contributed by atoms with van der Waals surface area (Å²) in [6, 6.07) is 13.6. The predicted octanol–water partition coefficient (Wildman–Crippen LogP) is 3.24. The van der Waals surface area contributed by atoms with Crippen molar-refractivity contribution in [3.63, 3.8) is 0 Å². The van der Waals surface area contributed by atoms with Crippen LogP contribution in [0.25, 0.3) is 16.8 Å². The van der Waals surface area contributed by atoms with Crippen molar-refractivity contribution in [2.45, 2.75) is 6.04 Å². The largest absolute Gasteiger partial charge is 0.379 e. The smallest absolute Gasteiger partial charge is 0.0594 e. The maximum absolute atomic E-state index is 5.47. The van der Waals surface area contributed by atoms with Crippen LogP contribution in [0, 0.1) is 0 Å². The van der Waals surface area contributed by atoms with Crippen LogP contribution in [-0.2, 0) is 4.74 Å². The molecule has 96 valence electrons. The van der Waals surface area contributed by atoms with Crippen molar-refractivity contribution >= 4 is 16.8 Å². The van der Waals surface area contributed by atoms with Crippen LogP contribution in [0.3, 0.4) is 0 Å². The van der Waals surface area contributed by atoms with Gasteiger partial charge >= 0.3 is 0 Å². The Bertz CT molecular complexity index is 636. The number of rotatable bonds is 1. The monoisotopic (exact) mass is 251 g/mol. The summed E-state index contributed by atoms with van der Waals surface area (Å²) in [6.07, 6.45) is 4.61. The quantitative estimate of drug-likeness (QED) is 0.771. The van der Waals surface area contributed by atoms with Gasteiger partial charge in [0.1, 0.15) is 0 Å². The Balaban J connectivity index is 1.85. The van der Waals surface area contributed by atoms with Crippen LogP contribution in [0.1, 0.15) is 17.2 Å². The molecule has 0 N–H and O–H groups in total. The summed E-state index contributed by atoms with van der Waals surface area (Å²) in [6.45, 7) is 3.74. The summed E-state index contributed by atoms with van der Waals surface area (Å²) >= 11 is 0. The summed E-state index contributed by atoms with van der Waals surface area (Å²) in [7, 11) is 0. The van der Waals surface area contributed by atoms with Gasteiger partial charge in [0.2, 0.25) is 0 Å². The van der Waals surface area contributed by atoms with Gasteiger partial charge in [-0.1, -0.05) is 48.6 Å². The number of morpholine rings is 1. The van der Waals surface area contributed by atoms with Crippen molar-refractivity contribution in [1.82, 2.24) is 4.90 Å². The second-order valence-corrected chi connectivity index (χ2v) is 5.24. The van der Waals surface area contributed by atoms with Crippen molar-refractivity contribution in [1.29, 1.82) is 0 Å². The first-order chi connectivity index (χ1) is 9.43. The van der Waals surface area contributed by atoms with Gasteiger partial charge in [-0.3, -0.25) is 4.90 Å². The minimum atomic E-state index is 0.405. The van der Waals surface area contributed by atoms with Crippen molar-refractivity contribution in [3.8, 4) is 0 Å². The second-order valence-electron chi connectivity index (χ2n) is 5.24. The van der Waals surface area contributed by atoms with Gasteiger partial charge in [0.05, 0.1) is 19.3 Å². The molecule has 2 nitrogen and oxygen atoms in total. The van der Waals surface area contributed by atoms with E-state index in [1.165, 1.54) is 21.9 Å². The zero-order valence-corrected chi connectivity index (χ0v) is 10.9. The van der Waals surface area contributed by atoms with E-state index in [4.69, 9.17) is 4.74 Å². The van der Waals surface area contributed by atoms with Crippen LogP contribution < -0.4 is 0 Å². The average molecular weight is 251 g/mol. The third-order valence-corrected chi connectivity index (χ3v) is 4.18. The molecule has 0 radical (unpaired) electrons. The van der Waals surface area contributed by atoms with E-state index in [0.29, 0.717) is 6.04 Å². The van der Waals surface area contributed by atoms with Crippen LogP contribution in [0.4, 0.5) is 0 Å². The molecular formula is C17H17NO. The summed E-state index contributed by atoms with van der Waals surface area (Å²) in [5.41, 5.74) is 2.79. The van der Waals surface area contributed by atoms with Crippen molar-refractivity contribution < 1.29 is 4.74 Å². The number of hydrogen-bond acceptors (Lipinski definition) is 2. The molecular weight excluding hydrogens is 234 g/mol. The molecule has 1 atom stereocenters. The fourth-order valence-corrected chi connectivity index (χ4v) is 3.26. The number of benzene rings is 2. The molecule has 1 unspecified atom stereocenters. The van der Waals surface area contributed by atoms with Gasteiger partial charge in [0, 0.05) is 13.1 Å². The van der Waals surface area contributed by atoms with Crippen LogP contribution in [0.15, 0.2) is 42.5 Å². The van der Waals surface area contributed by atoms with Crippen molar-refractivity contribution in [3.05, 3.63) is 53.6 Å². The molecule has 0 amide bonds. The minimum absolute atomic E-state index is 0.405. The summed E-state index contributed by atoms with van der Waals surface area (Å²) in [4.78, 5) is 2.52. The second kappa shape index (κ2) is 4.48. The van der Waals surface area contributed by atoms with Gasteiger partial charge < -0.3 is 4.74 Å². The molecule has 0 saturated carbocycles. The molecule has 4 rings (SSSR count). The fourth-order valence-electron chi connectivity index (χ4n) is 3.26. The molecule has 19 heavy (non-hydrogen) atoms. The van der Waals surface area contributed by atoms with Crippen LogP contribution >= 0.6 is 0 Å². The van der Waals surface area contributed by atoms with E-state index in [9.17, 15) is 0 Å². The van der Waals surface area contributed by atoms with Gasteiger partial charge in [-0.15, -0.1) is 0 Å². The maximum atomic E-state index is 5.47. The highest BCUT2D eigenvalue weighted by Gasteiger charge is 2.24. The lowest BCUT2D eigenvalue weighted by Gasteiger charge is -2.35. The summed E-state index contributed by atoms with van der Waals surface area (Å²) < 4.78 is 5.47. The highest BCUT2D eigenvalue weighted by Crippen LogP contribution is 2.36. The molecule has 2 aromatic carbocycles. The van der Waals surface area contributed by atoms with E-state index in [1.807, 2.05) is 0 Å². The van der Waals surface area contributed by atoms with E-state index >= 15 is 0 Å². The Morgan fingerprint density at radius 1 is 1.00 bits per heavy atom. The topological polar surface area (TPSA) is 12.5 Å². The van der Waals surface area contributed by atoms with Gasteiger partial charge in [-0.05, 0) is 21.9 Å². The van der Waals surface area contributed by atoms with Crippen LogP contribution in [0.5, 0.6) is 0 Å². The van der Waals surface area contributed by atoms with Crippen molar-refractivity contribution in [2.75, 3.05) is 26.3 Å². The Labute approximate surface area is 113 Å². The van der Waals surface area contributed by atoms with E-state index in [-0.39, 0.29) is 0 Å². The average Bonchev–Trinajstić information content (AvgIpc) is 2.49. The highest BCUT2D eigenvalue weighted by molar-refractivity contribution is 5.95. The van der Waals surface area contributed by atoms with Crippen LogP contribution in [0.2, 0.25) is 0 Å². The SMILES string of the molecule is C1=CC(N2CCOCC2)c2cccc3cccc1c23. The lowest BCUT2D eigenvalue weighted by atomic mass is 9.89. The Morgan fingerprint density at radius 2 is 1.79 bits per heavy atom. The molecule has 2 heteroatoms. The summed E-state index contributed by atoms with van der Waals surface area (Å²) in [5, 5.41) is 2.77. The molecule has 1 saturated heterocycles. The molecule has 0 aromatic heterocycles. The molecule has 0 spiro atoms. The Hall–Kier alpha value is -1.64.